The third-order valence-corrected chi connectivity index (χ3v) is 2.91. The van der Waals surface area contributed by atoms with Gasteiger partial charge in [-0.25, -0.2) is 4.79 Å². The van der Waals surface area contributed by atoms with Crippen LogP contribution < -0.4 is 15.4 Å². The fraction of sp³-hybridized carbons (Fsp3) is 0.417. The Morgan fingerprint density at radius 1 is 1.65 bits per heavy atom. The third kappa shape index (κ3) is 2.81. The minimum Gasteiger partial charge on any atom is -0.497 e. The van der Waals surface area contributed by atoms with Gasteiger partial charge in [-0.1, -0.05) is 6.07 Å². The molecule has 3 N–H and O–H groups in total. The van der Waals surface area contributed by atoms with Crippen molar-refractivity contribution in [1.82, 2.24) is 5.32 Å². The number of ether oxygens (including phenoxy) is 1. The van der Waals surface area contributed by atoms with E-state index in [9.17, 15) is 4.79 Å². The van der Waals surface area contributed by atoms with Crippen LogP contribution in [0.3, 0.4) is 0 Å². The van der Waals surface area contributed by atoms with Gasteiger partial charge >= 0.3 is 6.09 Å². The number of benzene rings is 1. The zero-order valence-corrected chi connectivity index (χ0v) is 9.69. The average Bonchev–Trinajstić information content (AvgIpc) is 2.69. The molecule has 0 saturated heterocycles. The van der Waals surface area contributed by atoms with E-state index in [4.69, 9.17) is 9.84 Å². The third-order valence-electron chi connectivity index (χ3n) is 2.91. The van der Waals surface area contributed by atoms with Crippen LogP contribution in [-0.4, -0.2) is 30.9 Å². The first kappa shape index (κ1) is 11.6. The number of anilines is 1. The van der Waals surface area contributed by atoms with Crippen molar-refractivity contribution in [1.29, 1.82) is 0 Å². The van der Waals surface area contributed by atoms with Crippen molar-refractivity contribution in [2.75, 3.05) is 19.0 Å². The van der Waals surface area contributed by atoms with E-state index in [1.165, 1.54) is 5.56 Å². The maximum absolute atomic E-state index is 10.3. The first-order valence-electron chi connectivity index (χ1n) is 5.59. The predicted molar refractivity (Wildman–Crippen MR) is 64.8 cm³/mol. The van der Waals surface area contributed by atoms with Crippen molar-refractivity contribution in [3.63, 3.8) is 0 Å². The van der Waals surface area contributed by atoms with Crippen molar-refractivity contribution in [2.45, 2.75) is 18.9 Å². The van der Waals surface area contributed by atoms with E-state index in [-0.39, 0.29) is 0 Å². The summed E-state index contributed by atoms with van der Waals surface area (Å²) >= 11 is 0. The quantitative estimate of drug-likeness (QED) is 0.744. The summed E-state index contributed by atoms with van der Waals surface area (Å²) < 4.78 is 5.16. The van der Waals surface area contributed by atoms with Crippen LogP contribution in [-0.2, 0) is 6.42 Å². The Morgan fingerprint density at radius 2 is 2.47 bits per heavy atom. The highest BCUT2D eigenvalue weighted by Gasteiger charge is 2.20. The molecule has 1 atom stereocenters. The highest BCUT2D eigenvalue weighted by Crippen LogP contribution is 2.30. The maximum atomic E-state index is 10.3. The maximum Gasteiger partial charge on any atom is 0.404 e. The molecule has 5 heteroatoms. The number of rotatable bonds is 4. The predicted octanol–water partition coefficient (Wildman–Crippen LogP) is 1.69. The monoisotopic (exact) mass is 236 g/mol. The van der Waals surface area contributed by atoms with Gasteiger partial charge in [-0.2, -0.15) is 0 Å². The largest absolute Gasteiger partial charge is 0.497 e. The van der Waals surface area contributed by atoms with Gasteiger partial charge < -0.3 is 20.5 Å². The van der Waals surface area contributed by atoms with Crippen LogP contribution in [0.2, 0.25) is 0 Å². The number of fused-ring (bicyclic) bond motifs is 1. The van der Waals surface area contributed by atoms with E-state index in [0.29, 0.717) is 12.6 Å². The van der Waals surface area contributed by atoms with Crippen molar-refractivity contribution in [2.24, 2.45) is 0 Å². The molecule has 5 nitrogen and oxygen atoms in total. The summed E-state index contributed by atoms with van der Waals surface area (Å²) in [7, 11) is 1.64. The Balaban J connectivity index is 1.90. The highest BCUT2D eigenvalue weighted by molar-refractivity contribution is 5.64. The number of hydrogen-bond acceptors (Lipinski definition) is 3. The molecule has 1 unspecified atom stereocenters. The lowest BCUT2D eigenvalue weighted by Crippen LogP contribution is -2.27. The van der Waals surface area contributed by atoms with Gasteiger partial charge in [-0.15, -0.1) is 0 Å². The Labute approximate surface area is 99.8 Å². The second-order valence-corrected chi connectivity index (χ2v) is 4.09. The molecule has 0 spiro atoms. The lowest BCUT2D eigenvalue weighted by atomic mass is 10.1. The standard InChI is InChI=1S/C12H16N2O3/c1-17-10-3-2-8-6-9(14-11(8)7-10)4-5-13-12(15)16/h2-3,7,9,13-14H,4-6H2,1H3,(H,15,16). The highest BCUT2D eigenvalue weighted by atomic mass is 16.5. The van der Waals surface area contributed by atoms with Gasteiger partial charge in [0.1, 0.15) is 5.75 Å². The van der Waals surface area contributed by atoms with E-state index >= 15 is 0 Å². The van der Waals surface area contributed by atoms with Crippen LogP contribution in [0.5, 0.6) is 5.75 Å². The Kier molecular flexibility index (Phi) is 3.37. The zero-order chi connectivity index (χ0) is 12.3. The molecule has 0 aromatic heterocycles. The van der Waals surface area contributed by atoms with E-state index < -0.39 is 6.09 Å². The van der Waals surface area contributed by atoms with Crippen LogP contribution in [0.25, 0.3) is 0 Å². The Bertz CT molecular complexity index is 420. The number of methoxy groups -OCH3 is 1. The summed E-state index contributed by atoms with van der Waals surface area (Å²) in [6, 6.07) is 6.26. The molecular weight excluding hydrogens is 220 g/mol. The molecule has 0 radical (unpaired) electrons. The summed E-state index contributed by atoms with van der Waals surface area (Å²) in [5, 5.41) is 14.2. The molecule has 1 aliphatic rings. The van der Waals surface area contributed by atoms with Gasteiger partial charge in [0, 0.05) is 24.3 Å². The van der Waals surface area contributed by atoms with Crippen molar-refractivity contribution >= 4 is 11.8 Å². The Hall–Kier alpha value is -1.91. The van der Waals surface area contributed by atoms with Crippen molar-refractivity contribution in [3.05, 3.63) is 23.8 Å². The molecule has 1 amide bonds. The lowest BCUT2D eigenvalue weighted by molar-refractivity contribution is 0.194. The van der Waals surface area contributed by atoms with E-state index in [1.54, 1.807) is 7.11 Å². The zero-order valence-electron chi connectivity index (χ0n) is 9.69. The fourth-order valence-electron chi connectivity index (χ4n) is 2.06. The molecule has 1 heterocycles. The lowest BCUT2D eigenvalue weighted by Gasteiger charge is -2.10. The van der Waals surface area contributed by atoms with E-state index in [0.717, 1.165) is 24.3 Å². The molecular formula is C12H16N2O3. The van der Waals surface area contributed by atoms with E-state index in [1.807, 2.05) is 18.2 Å². The number of nitrogens with one attached hydrogen (secondary N) is 2. The number of amides is 1. The normalized spacial score (nSPS) is 17.1. The molecule has 1 aliphatic heterocycles. The molecule has 17 heavy (non-hydrogen) atoms. The molecule has 1 aromatic rings. The van der Waals surface area contributed by atoms with E-state index in [2.05, 4.69) is 10.6 Å². The molecule has 92 valence electrons. The second-order valence-electron chi connectivity index (χ2n) is 4.09. The topological polar surface area (TPSA) is 70.6 Å². The van der Waals surface area contributed by atoms with Gasteiger partial charge in [0.05, 0.1) is 7.11 Å². The van der Waals surface area contributed by atoms with Crippen LogP contribution >= 0.6 is 0 Å². The second kappa shape index (κ2) is 4.95. The fourth-order valence-corrected chi connectivity index (χ4v) is 2.06. The SMILES string of the molecule is COc1ccc2c(c1)NC(CCNC(=O)O)C2. The number of hydrogen-bond donors (Lipinski definition) is 3. The summed E-state index contributed by atoms with van der Waals surface area (Å²) in [4.78, 5) is 10.3. The number of carbonyl (C=O) groups is 1. The van der Waals surface area contributed by atoms with Crippen LogP contribution in [0.15, 0.2) is 18.2 Å². The minimum absolute atomic E-state index is 0.295. The number of carboxylic acid groups (broad SMARTS) is 1. The summed E-state index contributed by atoms with van der Waals surface area (Å²) in [6.45, 7) is 0.470. The molecule has 0 saturated carbocycles. The molecule has 0 bridgehead atoms. The average molecular weight is 236 g/mol. The van der Waals surface area contributed by atoms with Crippen molar-refractivity contribution < 1.29 is 14.6 Å². The molecule has 0 aliphatic carbocycles. The first-order valence-corrected chi connectivity index (χ1v) is 5.59. The van der Waals surface area contributed by atoms with Gasteiger partial charge in [-0.05, 0) is 24.5 Å². The molecule has 1 aromatic carbocycles. The summed E-state index contributed by atoms with van der Waals surface area (Å²) in [5.41, 5.74) is 2.34. The molecule has 2 rings (SSSR count). The van der Waals surface area contributed by atoms with Crippen LogP contribution in [0.4, 0.5) is 10.5 Å². The van der Waals surface area contributed by atoms with Gasteiger partial charge in [0.15, 0.2) is 0 Å². The smallest absolute Gasteiger partial charge is 0.404 e. The van der Waals surface area contributed by atoms with Gasteiger partial charge in [0.25, 0.3) is 0 Å². The first-order chi connectivity index (χ1) is 8.19. The van der Waals surface area contributed by atoms with Gasteiger partial charge in [-0.3, -0.25) is 0 Å². The van der Waals surface area contributed by atoms with Crippen molar-refractivity contribution in [3.8, 4) is 5.75 Å². The molecule has 0 fully saturated rings. The van der Waals surface area contributed by atoms with Crippen LogP contribution in [0, 0.1) is 0 Å². The van der Waals surface area contributed by atoms with Gasteiger partial charge in [0.2, 0.25) is 0 Å². The summed E-state index contributed by atoms with van der Waals surface area (Å²) in [5.74, 6) is 0.834. The summed E-state index contributed by atoms with van der Waals surface area (Å²) in [6.07, 6.45) is 0.742. The Morgan fingerprint density at radius 3 is 3.18 bits per heavy atom. The van der Waals surface area contributed by atoms with Crippen LogP contribution in [0.1, 0.15) is 12.0 Å². The minimum atomic E-state index is -0.970.